The van der Waals surface area contributed by atoms with E-state index in [9.17, 15) is 9.59 Å². The van der Waals surface area contributed by atoms with Crippen molar-refractivity contribution in [2.24, 2.45) is 0 Å². The van der Waals surface area contributed by atoms with E-state index in [1.165, 1.54) is 13.3 Å². The Labute approximate surface area is 122 Å². The molecule has 1 atom stereocenters. The predicted octanol–water partition coefficient (Wildman–Crippen LogP) is 2.29. The summed E-state index contributed by atoms with van der Waals surface area (Å²) in [6, 6.07) is 3.15. The first-order valence-electron chi connectivity index (χ1n) is 6.61. The lowest BCUT2D eigenvalue weighted by molar-refractivity contribution is -0.142. The minimum absolute atomic E-state index is 0.0978. The average molecular weight is 297 g/mol. The van der Waals surface area contributed by atoms with E-state index >= 15 is 0 Å². The third-order valence-electron chi connectivity index (χ3n) is 3.49. The van der Waals surface area contributed by atoms with Crippen molar-refractivity contribution < 1.29 is 14.3 Å². The number of nitrogens with zero attached hydrogens (tertiary/aromatic N) is 2. The van der Waals surface area contributed by atoms with Gasteiger partial charge in [-0.25, -0.2) is 4.98 Å². The number of esters is 1. The van der Waals surface area contributed by atoms with Crippen LogP contribution in [0.5, 0.6) is 0 Å². The summed E-state index contributed by atoms with van der Waals surface area (Å²) >= 11 is 5.72. The van der Waals surface area contributed by atoms with Crippen molar-refractivity contribution in [3.8, 4) is 0 Å². The second kappa shape index (κ2) is 6.70. The maximum Gasteiger partial charge on any atom is 0.307 e. The van der Waals surface area contributed by atoms with Crippen LogP contribution in [0, 0.1) is 0 Å². The lowest BCUT2D eigenvalue weighted by Gasteiger charge is -2.35. The SMILES string of the molecule is COC(=O)C[C@@H]1CCCCN1C(=O)c1ccc(Cl)nc1. The second-order valence-electron chi connectivity index (χ2n) is 4.80. The number of methoxy groups -OCH3 is 1. The highest BCUT2D eigenvalue weighted by atomic mass is 35.5. The largest absolute Gasteiger partial charge is 0.469 e. The van der Waals surface area contributed by atoms with Crippen LogP contribution in [0.1, 0.15) is 36.0 Å². The summed E-state index contributed by atoms with van der Waals surface area (Å²) in [4.78, 5) is 29.6. The zero-order valence-electron chi connectivity index (χ0n) is 11.3. The predicted molar refractivity (Wildman–Crippen MR) is 74.6 cm³/mol. The molecule has 0 radical (unpaired) electrons. The molecule has 2 heterocycles. The van der Waals surface area contributed by atoms with Gasteiger partial charge in [-0.3, -0.25) is 9.59 Å². The van der Waals surface area contributed by atoms with Gasteiger partial charge in [0.1, 0.15) is 5.15 Å². The van der Waals surface area contributed by atoms with E-state index in [0.29, 0.717) is 17.3 Å². The summed E-state index contributed by atoms with van der Waals surface area (Å²) in [6.07, 6.45) is 4.49. The van der Waals surface area contributed by atoms with Gasteiger partial charge >= 0.3 is 5.97 Å². The first-order valence-corrected chi connectivity index (χ1v) is 6.99. The number of pyridine rings is 1. The van der Waals surface area contributed by atoms with Crippen molar-refractivity contribution in [2.75, 3.05) is 13.7 Å². The molecule has 0 spiro atoms. The van der Waals surface area contributed by atoms with Gasteiger partial charge in [-0.15, -0.1) is 0 Å². The zero-order valence-corrected chi connectivity index (χ0v) is 12.1. The Morgan fingerprint density at radius 1 is 1.45 bits per heavy atom. The molecule has 5 nitrogen and oxygen atoms in total. The number of halogens is 1. The quantitative estimate of drug-likeness (QED) is 0.634. The van der Waals surface area contributed by atoms with E-state index in [0.717, 1.165) is 19.3 Å². The van der Waals surface area contributed by atoms with Crippen molar-refractivity contribution >= 4 is 23.5 Å². The van der Waals surface area contributed by atoms with Crippen LogP contribution in [0.3, 0.4) is 0 Å². The van der Waals surface area contributed by atoms with Crippen molar-refractivity contribution in [3.63, 3.8) is 0 Å². The molecule has 0 bridgehead atoms. The molecule has 2 rings (SSSR count). The monoisotopic (exact) mass is 296 g/mol. The van der Waals surface area contributed by atoms with Crippen LogP contribution in [-0.2, 0) is 9.53 Å². The minimum atomic E-state index is -0.288. The van der Waals surface area contributed by atoms with Crippen LogP contribution in [0.2, 0.25) is 5.15 Å². The molecule has 1 saturated heterocycles. The molecule has 1 aliphatic rings. The molecule has 0 aliphatic carbocycles. The van der Waals surface area contributed by atoms with Gasteiger partial charge in [0, 0.05) is 18.8 Å². The summed E-state index contributed by atoms with van der Waals surface area (Å²) in [5, 5.41) is 0.353. The Morgan fingerprint density at radius 3 is 2.90 bits per heavy atom. The first-order chi connectivity index (χ1) is 9.61. The van der Waals surface area contributed by atoms with Crippen LogP contribution in [-0.4, -0.2) is 41.5 Å². The van der Waals surface area contributed by atoms with Gasteiger partial charge in [-0.1, -0.05) is 11.6 Å². The van der Waals surface area contributed by atoms with E-state index in [2.05, 4.69) is 4.98 Å². The Balaban J connectivity index is 2.12. The Hall–Kier alpha value is -1.62. The molecule has 108 valence electrons. The summed E-state index contributed by atoms with van der Waals surface area (Å²) in [5.41, 5.74) is 0.492. The number of piperidine rings is 1. The molecule has 1 aliphatic heterocycles. The Morgan fingerprint density at radius 2 is 2.25 bits per heavy atom. The number of likely N-dealkylation sites (tertiary alicyclic amines) is 1. The Kier molecular flexibility index (Phi) is 4.95. The molecule has 0 unspecified atom stereocenters. The molecule has 0 aromatic carbocycles. The Bertz CT molecular complexity index is 490. The fraction of sp³-hybridized carbons (Fsp3) is 0.500. The lowest BCUT2D eigenvalue weighted by atomic mass is 9.98. The number of ether oxygens (including phenoxy) is 1. The fourth-order valence-corrected chi connectivity index (χ4v) is 2.54. The first kappa shape index (κ1) is 14.8. The standard InChI is InChI=1S/C14H17ClN2O3/c1-20-13(18)8-11-4-2-3-7-17(11)14(19)10-5-6-12(15)16-9-10/h5-6,9,11H,2-4,7-8H2,1H3/t11-/m0/s1. The highest BCUT2D eigenvalue weighted by molar-refractivity contribution is 6.29. The molecule has 20 heavy (non-hydrogen) atoms. The number of carbonyl (C=O) groups is 2. The van der Waals surface area contributed by atoms with E-state index in [4.69, 9.17) is 16.3 Å². The smallest absolute Gasteiger partial charge is 0.307 e. The molecule has 0 N–H and O–H groups in total. The van der Waals surface area contributed by atoms with Crippen LogP contribution < -0.4 is 0 Å². The lowest BCUT2D eigenvalue weighted by Crippen LogP contribution is -2.44. The molecule has 6 heteroatoms. The number of hydrogen-bond acceptors (Lipinski definition) is 4. The highest BCUT2D eigenvalue weighted by Gasteiger charge is 2.29. The summed E-state index contributed by atoms with van der Waals surface area (Å²) < 4.78 is 4.70. The van der Waals surface area contributed by atoms with Crippen molar-refractivity contribution in [1.29, 1.82) is 0 Å². The van der Waals surface area contributed by atoms with Gasteiger partial charge in [0.05, 0.1) is 19.1 Å². The van der Waals surface area contributed by atoms with Crippen LogP contribution in [0.4, 0.5) is 0 Å². The van der Waals surface area contributed by atoms with Gasteiger partial charge < -0.3 is 9.64 Å². The van der Waals surface area contributed by atoms with Gasteiger partial charge in [-0.05, 0) is 31.4 Å². The van der Waals surface area contributed by atoms with Crippen LogP contribution in [0.25, 0.3) is 0 Å². The summed E-state index contributed by atoms with van der Waals surface area (Å²) in [5.74, 6) is -0.397. The molecular weight excluding hydrogens is 280 g/mol. The van der Waals surface area contributed by atoms with Gasteiger partial charge in [-0.2, -0.15) is 0 Å². The van der Waals surface area contributed by atoms with Crippen LogP contribution >= 0.6 is 11.6 Å². The zero-order chi connectivity index (χ0) is 14.5. The normalized spacial score (nSPS) is 18.7. The van der Waals surface area contributed by atoms with Gasteiger partial charge in [0.25, 0.3) is 5.91 Å². The van der Waals surface area contributed by atoms with Gasteiger partial charge in [0.2, 0.25) is 0 Å². The second-order valence-corrected chi connectivity index (χ2v) is 5.19. The molecule has 1 fully saturated rings. The highest BCUT2D eigenvalue weighted by Crippen LogP contribution is 2.22. The van der Waals surface area contributed by atoms with E-state index in [1.807, 2.05) is 0 Å². The molecule has 0 saturated carbocycles. The van der Waals surface area contributed by atoms with Crippen molar-refractivity contribution in [1.82, 2.24) is 9.88 Å². The number of hydrogen-bond donors (Lipinski definition) is 0. The maximum absolute atomic E-state index is 12.5. The van der Waals surface area contributed by atoms with Crippen molar-refractivity contribution in [3.05, 3.63) is 29.0 Å². The average Bonchev–Trinajstić information content (AvgIpc) is 2.48. The number of rotatable bonds is 3. The van der Waals surface area contributed by atoms with Crippen molar-refractivity contribution in [2.45, 2.75) is 31.7 Å². The third-order valence-corrected chi connectivity index (χ3v) is 3.72. The minimum Gasteiger partial charge on any atom is -0.469 e. The topological polar surface area (TPSA) is 59.5 Å². The molecule has 1 amide bonds. The van der Waals surface area contributed by atoms with E-state index in [1.54, 1.807) is 17.0 Å². The van der Waals surface area contributed by atoms with E-state index in [-0.39, 0.29) is 24.3 Å². The molecule has 1 aromatic heterocycles. The number of amides is 1. The van der Waals surface area contributed by atoms with Gasteiger partial charge in [0.15, 0.2) is 0 Å². The number of carbonyl (C=O) groups excluding carboxylic acids is 2. The third kappa shape index (κ3) is 3.48. The van der Waals surface area contributed by atoms with E-state index < -0.39 is 0 Å². The number of aromatic nitrogens is 1. The fourth-order valence-electron chi connectivity index (χ4n) is 2.42. The molecule has 1 aromatic rings. The summed E-state index contributed by atoms with van der Waals surface area (Å²) in [6.45, 7) is 0.656. The maximum atomic E-state index is 12.5. The molecular formula is C14H17ClN2O3. The summed E-state index contributed by atoms with van der Waals surface area (Å²) in [7, 11) is 1.36. The van der Waals surface area contributed by atoms with Crippen LogP contribution in [0.15, 0.2) is 18.3 Å².